The summed E-state index contributed by atoms with van der Waals surface area (Å²) in [6, 6.07) is 4.00. The summed E-state index contributed by atoms with van der Waals surface area (Å²) in [4.78, 5) is 10.4. The van der Waals surface area contributed by atoms with E-state index in [1.165, 1.54) is 5.56 Å². The Balaban J connectivity index is 2.40. The molecule has 0 amide bonds. The molecule has 1 aromatic carbocycles. The number of carbonyl (C=O) groups is 1. The van der Waals surface area contributed by atoms with Crippen molar-refractivity contribution in [2.75, 3.05) is 0 Å². The van der Waals surface area contributed by atoms with Crippen molar-refractivity contribution in [3.63, 3.8) is 0 Å². The van der Waals surface area contributed by atoms with Crippen LogP contribution >= 0.6 is 15.9 Å². The molecule has 0 radical (unpaired) electrons. The van der Waals surface area contributed by atoms with E-state index in [2.05, 4.69) is 22.0 Å². The fourth-order valence-electron chi connectivity index (χ4n) is 1.76. The van der Waals surface area contributed by atoms with Crippen LogP contribution in [0.25, 0.3) is 0 Å². The Kier molecular flexibility index (Phi) is 2.59. The average molecular weight is 255 g/mol. The lowest BCUT2D eigenvalue weighted by atomic mass is 10.1. The lowest BCUT2D eigenvalue weighted by Gasteiger charge is -2.05. The van der Waals surface area contributed by atoms with E-state index in [1.54, 1.807) is 0 Å². The number of ether oxygens (including phenoxy) is 1. The van der Waals surface area contributed by atoms with Crippen LogP contribution in [0.1, 0.15) is 18.1 Å². The maximum atomic E-state index is 10.4. The van der Waals surface area contributed by atoms with Gasteiger partial charge in [-0.3, -0.25) is 0 Å². The number of benzene rings is 1. The van der Waals surface area contributed by atoms with Crippen molar-refractivity contribution < 1.29 is 9.53 Å². The summed E-state index contributed by atoms with van der Waals surface area (Å²) in [5.74, 6) is 0.937. The van der Waals surface area contributed by atoms with Gasteiger partial charge >= 0.3 is 0 Å². The predicted octanol–water partition coefficient (Wildman–Crippen LogP) is 2.51. The van der Waals surface area contributed by atoms with Crippen molar-refractivity contribution in [2.24, 2.45) is 0 Å². The van der Waals surface area contributed by atoms with Gasteiger partial charge in [0.15, 0.2) is 0 Å². The minimum absolute atomic E-state index is 0.243. The number of fused-ring (bicyclic) bond motifs is 1. The van der Waals surface area contributed by atoms with E-state index < -0.39 is 0 Å². The first-order chi connectivity index (χ1) is 6.70. The molecule has 14 heavy (non-hydrogen) atoms. The van der Waals surface area contributed by atoms with Gasteiger partial charge in [-0.05, 0) is 40.0 Å². The van der Waals surface area contributed by atoms with Crippen molar-refractivity contribution in [3.8, 4) is 5.75 Å². The van der Waals surface area contributed by atoms with E-state index in [1.807, 2.05) is 13.0 Å². The van der Waals surface area contributed by atoms with Crippen molar-refractivity contribution in [3.05, 3.63) is 27.7 Å². The summed E-state index contributed by atoms with van der Waals surface area (Å²) in [6.45, 7) is 2.05. The van der Waals surface area contributed by atoms with Gasteiger partial charge in [0.1, 0.15) is 18.1 Å². The van der Waals surface area contributed by atoms with Gasteiger partial charge in [-0.2, -0.15) is 0 Å². The molecule has 1 heterocycles. The molecule has 0 spiro atoms. The van der Waals surface area contributed by atoms with Crippen molar-refractivity contribution in [1.29, 1.82) is 0 Å². The second-order valence-corrected chi connectivity index (χ2v) is 4.42. The van der Waals surface area contributed by atoms with E-state index >= 15 is 0 Å². The van der Waals surface area contributed by atoms with E-state index in [-0.39, 0.29) is 6.10 Å². The van der Waals surface area contributed by atoms with E-state index in [0.717, 1.165) is 28.5 Å². The molecule has 0 aliphatic carbocycles. The van der Waals surface area contributed by atoms with E-state index in [4.69, 9.17) is 4.74 Å². The highest BCUT2D eigenvalue weighted by Crippen LogP contribution is 2.37. The van der Waals surface area contributed by atoms with Crippen LogP contribution in [-0.2, 0) is 17.6 Å². The molecular formula is C11H11BrO2. The zero-order valence-corrected chi connectivity index (χ0v) is 9.50. The maximum absolute atomic E-state index is 10.4. The van der Waals surface area contributed by atoms with Crippen LogP contribution in [0.4, 0.5) is 0 Å². The first kappa shape index (κ1) is 9.71. The zero-order valence-electron chi connectivity index (χ0n) is 7.92. The molecule has 1 aromatic rings. The number of aldehydes is 1. The van der Waals surface area contributed by atoms with E-state index in [9.17, 15) is 4.79 Å². The van der Waals surface area contributed by atoms with Crippen LogP contribution in [-0.4, -0.2) is 12.4 Å². The Bertz CT molecular complexity index is 374. The number of hydrogen-bond donors (Lipinski definition) is 0. The molecule has 1 atom stereocenters. The Morgan fingerprint density at radius 2 is 2.43 bits per heavy atom. The molecule has 2 nitrogen and oxygen atoms in total. The lowest BCUT2D eigenvalue weighted by Crippen LogP contribution is -2.05. The molecule has 1 unspecified atom stereocenters. The summed E-state index contributed by atoms with van der Waals surface area (Å²) in [7, 11) is 0. The second kappa shape index (κ2) is 3.73. The molecule has 0 aromatic heterocycles. The molecule has 2 rings (SSSR count). The standard InChI is InChI=1S/C11H11BrO2/c1-7-4-9-5-8(2-3-13)6-10(12)11(9)14-7/h3,5-7H,2,4H2,1H3. The molecule has 0 fully saturated rings. The number of rotatable bonds is 2. The molecule has 3 heteroatoms. The van der Waals surface area contributed by atoms with Gasteiger partial charge in [0.25, 0.3) is 0 Å². The second-order valence-electron chi connectivity index (χ2n) is 3.57. The van der Waals surface area contributed by atoms with Crippen molar-refractivity contribution in [1.82, 2.24) is 0 Å². The van der Waals surface area contributed by atoms with Gasteiger partial charge in [0, 0.05) is 12.8 Å². The summed E-state index contributed by atoms with van der Waals surface area (Å²) >= 11 is 3.45. The van der Waals surface area contributed by atoms with Gasteiger partial charge in [0.05, 0.1) is 4.47 Å². The Morgan fingerprint density at radius 1 is 1.64 bits per heavy atom. The summed E-state index contributed by atoms with van der Waals surface area (Å²) < 4.78 is 6.59. The Morgan fingerprint density at radius 3 is 3.14 bits per heavy atom. The predicted molar refractivity (Wildman–Crippen MR) is 57.7 cm³/mol. The van der Waals surface area contributed by atoms with Gasteiger partial charge in [0.2, 0.25) is 0 Å². The maximum Gasteiger partial charge on any atom is 0.137 e. The quantitative estimate of drug-likeness (QED) is 0.759. The molecule has 1 aliphatic rings. The Hall–Kier alpha value is -0.830. The minimum atomic E-state index is 0.243. The molecular weight excluding hydrogens is 244 g/mol. The fourth-order valence-corrected chi connectivity index (χ4v) is 2.41. The minimum Gasteiger partial charge on any atom is -0.489 e. The normalized spacial score (nSPS) is 18.9. The van der Waals surface area contributed by atoms with Crippen molar-refractivity contribution in [2.45, 2.75) is 25.9 Å². The largest absolute Gasteiger partial charge is 0.489 e. The molecule has 0 saturated heterocycles. The van der Waals surface area contributed by atoms with Crippen molar-refractivity contribution >= 4 is 22.2 Å². The van der Waals surface area contributed by atoms with E-state index in [0.29, 0.717) is 6.42 Å². The van der Waals surface area contributed by atoms with Crippen LogP contribution in [0.2, 0.25) is 0 Å². The molecule has 0 saturated carbocycles. The Labute approximate surface area is 91.4 Å². The molecule has 0 N–H and O–H groups in total. The molecule has 1 aliphatic heterocycles. The highest BCUT2D eigenvalue weighted by atomic mass is 79.9. The van der Waals surface area contributed by atoms with Gasteiger partial charge in [-0.15, -0.1) is 0 Å². The first-order valence-electron chi connectivity index (χ1n) is 4.62. The number of carbonyl (C=O) groups excluding carboxylic acids is 1. The van der Waals surface area contributed by atoms with Crippen LogP contribution in [0.3, 0.4) is 0 Å². The first-order valence-corrected chi connectivity index (χ1v) is 5.41. The molecule has 74 valence electrons. The SMILES string of the molecule is CC1Cc2cc(CC=O)cc(Br)c2O1. The molecule has 0 bridgehead atoms. The third-order valence-corrected chi connectivity index (χ3v) is 2.91. The van der Waals surface area contributed by atoms with Crippen LogP contribution in [0, 0.1) is 0 Å². The van der Waals surface area contributed by atoms with Gasteiger partial charge < -0.3 is 9.53 Å². The van der Waals surface area contributed by atoms with Gasteiger partial charge in [-0.25, -0.2) is 0 Å². The lowest BCUT2D eigenvalue weighted by molar-refractivity contribution is -0.107. The number of hydrogen-bond acceptors (Lipinski definition) is 2. The smallest absolute Gasteiger partial charge is 0.137 e. The zero-order chi connectivity index (χ0) is 10.1. The summed E-state index contributed by atoms with van der Waals surface area (Å²) in [6.07, 6.45) is 2.57. The van der Waals surface area contributed by atoms with Gasteiger partial charge in [-0.1, -0.05) is 6.07 Å². The van der Waals surface area contributed by atoms with Crippen LogP contribution in [0.5, 0.6) is 5.75 Å². The van der Waals surface area contributed by atoms with Crippen LogP contribution < -0.4 is 4.74 Å². The summed E-state index contributed by atoms with van der Waals surface area (Å²) in [5, 5.41) is 0. The monoisotopic (exact) mass is 254 g/mol. The third kappa shape index (κ3) is 1.69. The highest BCUT2D eigenvalue weighted by molar-refractivity contribution is 9.10. The third-order valence-electron chi connectivity index (χ3n) is 2.33. The topological polar surface area (TPSA) is 26.3 Å². The average Bonchev–Trinajstić information content (AvgIpc) is 2.47. The fraction of sp³-hybridized carbons (Fsp3) is 0.364. The number of halogens is 1. The van der Waals surface area contributed by atoms with Crippen LogP contribution in [0.15, 0.2) is 16.6 Å². The highest BCUT2D eigenvalue weighted by Gasteiger charge is 2.21. The summed E-state index contributed by atoms with van der Waals surface area (Å²) in [5.41, 5.74) is 2.24.